The standard InChI is InChI=1S/C32H48N2O7S/c1-15(5-8-24(38)33-26-28(39)34-27(30(40)41)16(2)14-42-29(26)34)19-6-7-20-25-21(13-23(37)32(19,20)4)31(3)10-9-18(35)11-17(31)12-22(25)36/h15,17-23,25-26,29,35-37H,5-14H2,1-4H3,(H,33,38)(H,40,41)/t15-,17+,18-,19-,20+,21+,22-,23+,25?,26?,29?,31+,32-/m1/s1. The fourth-order valence-electron chi connectivity index (χ4n) is 10.7. The van der Waals surface area contributed by atoms with Gasteiger partial charge < -0.3 is 25.7 Å². The highest BCUT2D eigenvalue weighted by Crippen LogP contribution is 2.68. The van der Waals surface area contributed by atoms with Gasteiger partial charge in [0.1, 0.15) is 17.1 Å². The molecule has 13 atom stereocenters. The Morgan fingerprint density at radius 2 is 1.83 bits per heavy atom. The number of carboxylic acids is 1. The Hall–Kier alpha value is -1.62. The molecule has 0 radical (unpaired) electrons. The minimum Gasteiger partial charge on any atom is -0.477 e. The van der Waals surface area contributed by atoms with Gasteiger partial charge in [-0.15, -0.1) is 11.8 Å². The second kappa shape index (κ2) is 10.8. The Morgan fingerprint density at radius 1 is 1.10 bits per heavy atom. The molecule has 4 saturated carbocycles. The van der Waals surface area contributed by atoms with Gasteiger partial charge in [0, 0.05) is 12.2 Å². The lowest BCUT2D eigenvalue weighted by molar-refractivity contribution is -0.207. The molecule has 0 bridgehead atoms. The third-order valence-electron chi connectivity index (χ3n) is 13.0. The molecule has 0 spiro atoms. The van der Waals surface area contributed by atoms with Crippen LogP contribution in [0, 0.1) is 46.3 Å². The van der Waals surface area contributed by atoms with Gasteiger partial charge in [-0.3, -0.25) is 14.5 Å². The van der Waals surface area contributed by atoms with E-state index in [2.05, 4.69) is 26.1 Å². The van der Waals surface area contributed by atoms with Crippen molar-refractivity contribution in [2.75, 3.05) is 5.75 Å². The van der Waals surface area contributed by atoms with Gasteiger partial charge in [-0.05, 0) is 110 Å². The van der Waals surface area contributed by atoms with Crippen LogP contribution in [-0.2, 0) is 14.4 Å². The second-order valence-corrected chi connectivity index (χ2v) is 16.0. The first-order valence-electron chi connectivity index (χ1n) is 16.0. The first-order chi connectivity index (χ1) is 19.8. The number of fused-ring (bicyclic) bond motifs is 6. The lowest BCUT2D eigenvalue weighted by atomic mass is 9.43. The van der Waals surface area contributed by atoms with Gasteiger partial charge in [-0.25, -0.2) is 4.79 Å². The van der Waals surface area contributed by atoms with Crippen molar-refractivity contribution in [1.29, 1.82) is 0 Å². The Labute approximate surface area is 252 Å². The third-order valence-corrected chi connectivity index (χ3v) is 14.4. The van der Waals surface area contributed by atoms with Crippen molar-refractivity contribution in [1.82, 2.24) is 10.2 Å². The highest BCUT2D eigenvalue weighted by Gasteiger charge is 2.65. The molecule has 5 N–H and O–H groups in total. The fraction of sp³-hybridized carbons (Fsp3) is 0.844. The zero-order chi connectivity index (χ0) is 30.3. The predicted octanol–water partition coefficient (Wildman–Crippen LogP) is 3.12. The number of thioether (sulfide) groups is 1. The molecule has 5 fully saturated rings. The van der Waals surface area contributed by atoms with Crippen LogP contribution in [0.25, 0.3) is 0 Å². The van der Waals surface area contributed by atoms with Gasteiger partial charge in [0.25, 0.3) is 5.91 Å². The number of amides is 2. The number of carbonyl (C=O) groups is 3. The maximum atomic E-state index is 13.0. The largest absolute Gasteiger partial charge is 0.477 e. The maximum Gasteiger partial charge on any atom is 0.352 e. The SMILES string of the molecule is CC1=C(C(=O)O)N2C(=O)C(NC(=O)CC[C@@H](C)[C@H]3CC[C@H]4C5[C@H](O)C[C@@H]6C[C@H](O)CC[C@]6(C)[C@H]5C[C@H](O)[C@]34C)C2SC1. The molecule has 42 heavy (non-hydrogen) atoms. The molecule has 234 valence electrons. The summed E-state index contributed by atoms with van der Waals surface area (Å²) in [7, 11) is 0. The number of aliphatic hydroxyl groups is 3. The van der Waals surface area contributed by atoms with Crippen LogP contribution in [0.1, 0.15) is 85.5 Å². The minimum absolute atomic E-state index is 0.0360. The van der Waals surface area contributed by atoms with Gasteiger partial charge in [0.2, 0.25) is 5.91 Å². The molecule has 10 heteroatoms. The average molecular weight is 605 g/mol. The summed E-state index contributed by atoms with van der Waals surface area (Å²) in [5, 5.41) is 45.7. The van der Waals surface area contributed by atoms with Crippen molar-refractivity contribution in [3.05, 3.63) is 11.3 Å². The van der Waals surface area contributed by atoms with E-state index in [0.29, 0.717) is 30.1 Å². The van der Waals surface area contributed by atoms with Crippen molar-refractivity contribution in [2.24, 2.45) is 46.3 Å². The summed E-state index contributed by atoms with van der Waals surface area (Å²) < 4.78 is 0. The number of nitrogens with one attached hydrogen (secondary N) is 1. The number of rotatable bonds is 6. The molecule has 2 heterocycles. The van der Waals surface area contributed by atoms with Crippen molar-refractivity contribution in [3.63, 3.8) is 0 Å². The molecule has 0 aromatic rings. The summed E-state index contributed by atoms with van der Waals surface area (Å²) in [6, 6.07) is -0.704. The topological polar surface area (TPSA) is 147 Å². The third kappa shape index (κ3) is 4.48. The second-order valence-electron chi connectivity index (χ2n) is 14.9. The molecule has 6 rings (SSSR count). The van der Waals surface area contributed by atoms with Crippen LogP contribution in [0.2, 0.25) is 0 Å². The zero-order valence-corrected chi connectivity index (χ0v) is 26.1. The molecule has 9 nitrogen and oxygen atoms in total. The number of aliphatic hydroxyl groups excluding tert-OH is 3. The first kappa shape index (κ1) is 30.4. The van der Waals surface area contributed by atoms with E-state index in [-0.39, 0.29) is 75.8 Å². The average Bonchev–Trinajstić information content (AvgIpc) is 3.30. The number of carbonyl (C=O) groups excluding carboxylic acids is 2. The molecular weight excluding hydrogens is 556 g/mol. The zero-order valence-electron chi connectivity index (χ0n) is 25.3. The quantitative estimate of drug-likeness (QED) is 0.291. The van der Waals surface area contributed by atoms with Crippen molar-refractivity contribution >= 4 is 29.5 Å². The normalized spacial score (nSPS) is 47.0. The Balaban J connectivity index is 1.09. The van der Waals surface area contributed by atoms with Crippen LogP contribution in [0.4, 0.5) is 0 Å². The van der Waals surface area contributed by atoms with E-state index in [9.17, 15) is 34.8 Å². The van der Waals surface area contributed by atoms with E-state index in [0.717, 1.165) is 38.5 Å². The lowest BCUT2D eigenvalue weighted by Gasteiger charge is -2.63. The minimum atomic E-state index is -1.11. The molecule has 2 amide bonds. The van der Waals surface area contributed by atoms with Crippen LogP contribution in [0.3, 0.4) is 0 Å². The summed E-state index contributed by atoms with van der Waals surface area (Å²) in [4.78, 5) is 38.8. The number of carboxylic acid groups (broad SMARTS) is 1. The van der Waals surface area contributed by atoms with E-state index in [1.165, 1.54) is 16.7 Å². The van der Waals surface area contributed by atoms with Gasteiger partial charge >= 0.3 is 5.97 Å². The van der Waals surface area contributed by atoms with Crippen LogP contribution in [-0.4, -0.2) is 78.6 Å². The highest BCUT2D eigenvalue weighted by atomic mass is 32.2. The predicted molar refractivity (Wildman–Crippen MR) is 158 cm³/mol. The molecule has 6 aliphatic rings. The summed E-state index contributed by atoms with van der Waals surface area (Å²) in [6.07, 6.45) is 5.60. The molecular formula is C32H48N2O7S. The smallest absolute Gasteiger partial charge is 0.352 e. The first-order valence-corrected chi connectivity index (χ1v) is 17.0. The molecule has 2 aliphatic heterocycles. The summed E-state index contributed by atoms with van der Waals surface area (Å²) >= 11 is 1.48. The van der Waals surface area contributed by atoms with Crippen LogP contribution in [0.15, 0.2) is 11.3 Å². The molecule has 4 aliphatic carbocycles. The number of aliphatic carboxylic acids is 1. The van der Waals surface area contributed by atoms with Crippen LogP contribution < -0.4 is 5.32 Å². The summed E-state index contributed by atoms with van der Waals surface area (Å²) in [5.74, 6) is 0.187. The van der Waals surface area contributed by atoms with Crippen LogP contribution in [0.5, 0.6) is 0 Å². The summed E-state index contributed by atoms with van der Waals surface area (Å²) in [6.45, 7) is 8.45. The van der Waals surface area contributed by atoms with Gasteiger partial charge in [0.15, 0.2) is 0 Å². The van der Waals surface area contributed by atoms with Crippen LogP contribution >= 0.6 is 11.8 Å². The van der Waals surface area contributed by atoms with Crippen molar-refractivity contribution < 1.29 is 34.8 Å². The van der Waals surface area contributed by atoms with E-state index in [1.807, 2.05) is 0 Å². The summed E-state index contributed by atoms with van der Waals surface area (Å²) in [5.41, 5.74) is 0.407. The van der Waals surface area contributed by atoms with E-state index < -0.39 is 24.2 Å². The molecule has 3 unspecified atom stereocenters. The molecule has 0 aromatic carbocycles. The van der Waals surface area contributed by atoms with Gasteiger partial charge in [-0.1, -0.05) is 20.8 Å². The van der Waals surface area contributed by atoms with Crippen molar-refractivity contribution in [2.45, 2.75) is 115 Å². The monoisotopic (exact) mass is 604 g/mol. The Morgan fingerprint density at radius 3 is 2.55 bits per heavy atom. The maximum absolute atomic E-state index is 13.0. The van der Waals surface area contributed by atoms with Crippen molar-refractivity contribution in [3.8, 4) is 0 Å². The van der Waals surface area contributed by atoms with Gasteiger partial charge in [0.05, 0.1) is 18.3 Å². The lowest BCUT2D eigenvalue weighted by Crippen LogP contribution is -2.70. The Kier molecular flexibility index (Phi) is 7.80. The number of hydrogen-bond donors (Lipinski definition) is 5. The van der Waals surface area contributed by atoms with E-state index >= 15 is 0 Å². The fourth-order valence-corrected chi connectivity index (χ4v) is 12.0. The number of β-lactam (4-membered cyclic amide) rings is 1. The molecule has 0 aromatic heterocycles. The van der Waals surface area contributed by atoms with E-state index in [4.69, 9.17) is 0 Å². The van der Waals surface area contributed by atoms with E-state index in [1.54, 1.807) is 6.92 Å². The molecule has 1 saturated heterocycles. The number of nitrogens with zero attached hydrogens (tertiary/aromatic N) is 1. The van der Waals surface area contributed by atoms with Gasteiger partial charge in [-0.2, -0.15) is 0 Å². The Bertz CT molecular complexity index is 1180. The highest BCUT2D eigenvalue weighted by molar-refractivity contribution is 8.00. The number of hydrogen-bond acceptors (Lipinski definition) is 7.